The Morgan fingerprint density at radius 2 is 1.30 bits per heavy atom. The van der Waals surface area contributed by atoms with E-state index in [9.17, 15) is 0 Å². The number of para-hydroxylation sites is 3. The number of hydrogen-bond donors (Lipinski definition) is 0. The molecule has 0 spiro atoms. The number of anilines is 1. The van der Waals surface area contributed by atoms with Gasteiger partial charge in [-0.2, -0.15) is 43.1 Å². The molecule has 0 unspecified atom stereocenters. The third kappa shape index (κ3) is 9.17. The van der Waals surface area contributed by atoms with E-state index in [2.05, 4.69) is 101 Å². The molecule has 9 heteroatoms. The minimum absolute atomic E-state index is 0. The molecule has 0 atom stereocenters. The van der Waals surface area contributed by atoms with Crippen molar-refractivity contribution in [3.05, 3.63) is 214 Å². The minimum atomic E-state index is 0. The van der Waals surface area contributed by atoms with Crippen molar-refractivity contribution in [1.82, 2.24) is 19.0 Å². The normalized spacial score (nSPS) is 11.6. The number of pyridine rings is 1. The van der Waals surface area contributed by atoms with Crippen molar-refractivity contribution in [2.24, 2.45) is 0 Å². The standard InChI is InChI=1S/C45H28N4O2.C6H4N.2Pt/c1-47-23-24-48(31-47)35-12-10-16-39(29-35)51-38-15-9-11-33(26-38)43-28-32(21-22-46-43)34-25-36(30-40(27-34)50-37-13-3-2-4-14-37)49-44-19-7-5-17-41(44)42-18-6-8-20-45(42)49;1-2-7-5-3-4-6-7;;/h2-13,15-20,22-25,28,30-31H,1H3;3-6H;;/q-6;-1;;+4. The number of aromatic nitrogens is 3. The second kappa shape index (κ2) is 19.0. The molecule has 6 aromatic carbocycles. The first-order valence-electron chi connectivity index (χ1n) is 18.5. The summed E-state index contributed by atoms with van der Waals surface area (Å²) in [6.45, 7) is 1.98. The van der Waals surface area contributed by atoms with Crippen LogP contribution in [0, 0.1) is 49.5 Å². The van der Waals surface area contributed by atoms with Gasteiger partial charge in [0, 0.05) is 67.2 Å². The van der Waals surface area contributed by atoms with Crippen LogP contribution in [-0.4, -0.2) is 26.1 Å². The van der Waals surface area contributed by atoms with Crippen LogP contribution in [0.1, 0.15) is 0 Å². The Balaban J connectivity index is 0.000000552. The topological polar surface area (TPSA) is 47.7 Å². The van der Waals surface area contributed by atoms with Gasteiger partial charge in [-0.1, -0.05) is 60.4 Å². The molecule has 10 rings (SSSR count). The van der Waals surface area contributed by atoms with Crippen LogP contribution in [-0.2, 0) is 42.1 Å². The molecule has 9 aromatic rings. The molecule has 0 saturated heterocycles. The molecule has 0 saturated carbocycles. The van der Waals surface area contributed by atoms with E-state index in [1.165, 1.54) is 10.8 Å². The molecular weight excluding hydrogens is 1100 g/mol. The van der Waals surface area contributed by atoms with Gasteiger partial charge in [0.05, 0.1) is 11.0 Å². The Labute approximate surface area is 378 Å². The van der Waals surface area contributed by atoms with Gasteiger partial charge >= 0.3 is 21.1 Å². The Morgan fingerprint density at radius 1 is 0.633 bits per heavy atom. The molecule has 3 aromatic heterocycles. The maximum atomic E-state index is 6.57. The first kappa shape index (κ1) is 41.6. The van der Waals surface area contributed by atoms with E-state index in [4.69, 9.17) is 15.9 Å². The predicted octanol–water partition coefficient (Wildman–Crippen LogP) is 11.3. The van der Waals surface area contributed by atoms with E-state index in [0.29, 0.717) is 23.0 Å². The fourth-order valence-corrected chi connectivity index (χ4v) is 6.73. The van der Waals surface area contributed by atoms with Gasteiger partial charge in [0.25, 0.3) is 0 Å². The van der Waals surface area contributed by atoms with Crippen molar-refractivity contribution in [2.75, 3.05) is 11.9 Å². The molecule has 1 aliphatic rings. The van der Waals surface area contributed by atoms with Crippen molar-refractivity contribution in [3.63, 3.8) is 0 Å². The zero-order valence-corrected chi connectivity index (χ0v) is 36.5. The van der Waals surface area contributed by atoms with Gasteiger partial charge in [0.15, 0.2) is 0 Å². The van der Waals surface area contributed by atoms with Crippen molar-refractivity contribution in [2.45, 2.75) is 0 Å². The largest absolute Gasteiger partial charge is 4.00 e. The summed E-state index contributed by atoms with van der Waals surface area (Å²) in [5.74, 6) is 2.32. The molecule has 1 aliphatic heterocycles. The van der Waals surface area contributed by atoms with E-state index in [1.807, 2.05) is 121 Å². The van der Waals surface area contributed by atoms with Crippen molar-refractivity contribution < 1.29 is 51.6 Å². The van der Waals surface area contributed by atoms with Crippen LogP contribution in [0.25, 0.3) is 49.9 Å². The Morgan fingerprint density at radius 3 is 1.98 bits per heavy atom. The van der Waals surface area contributed by atoms with Gasteiger partial charge in [-0.3, -0.25) is 11.1 Å². The fraction of sp³-hybridized carbons (Fsp3) is 0.0196. The van der Waals surface area contributed by atoms with Crippen molar-refractivity contribution in [3.8, 4) is 57.1 Å². The van der Waals surface area contributed by atoms with Crippen LogP contribution in [0.4, 0.5) is 5.69 Å². The van der Waals surface area contributed by atoms with Gasteiger partial charge < -0.3 is 39.8 Å². The summed E-state index contributed by atoms with van der Waals surface area (Å²) < 4.78 is 16.4. The summed E-state index contributed by atoms with van der Waals surface area (Å²) in [5.41, 5.74) is 7.14. The van der Waals surface area contributed by atoms with Crippen molar-refractivity contribution >= 4 is 27.5 Å². The molecule has 60 heavy (non-hydrogen) atoms. The SMILES string of the molecule is CN1C=CN(c2[c-]c(Oc3[c-]c(-c4cc(-c5[c-]c(Oc6[c-]cccc6)cc(-n6c7ccccc7c7ccccc76)c5)[c-]cn4)ccc3)ccc2)[CH-]1.[C-]#Cn1cccc1.[Pt+4].[Pt]. The fourth-order valence-electron chi connectivity index (χ4n) is 6.73. The van der Waals surface area contributed by atoms with E-state index in [1.54, 1.807) is 23.2 Å². The Hall–Kier alpha value is -6.57. The second-order valence-electron chi connectivity index (χ2n) is 13.3. The van der Waals surface area contributed by atoms with E-state index < -0.39 is 0 Å². The molecule has 296 valence electrons. The summed E-state index contributed by atoms with van der Waals surface area (Å²) in [6, 6.07) is 64.8. The van der Waals surface area contributed by atoms with Crippen molar-refractivity contribution in [1.29, 1.82) is 0 Å². The second-order valence-corrected chi connectivity index (χ2v) is 13.3. The summed E-state index contributed by atoms with van der Waals surface area (Å²) in [7, 11) is 1.98. The molecule has 0 bridgehead atoms. The quantitative estimate of drug-likeness (QED) is 0.112. The molecule has 0 fully saturated rings. The maximum absolute atomic E-state index is 6.57. The predicted molar refractivity (Wildman–Crippen MR) is 227 cm³/mol. The number of rotatable bonds is 8. The monoisotopic (exact) mass is 1140 g/mol. The van der Waals surface area contributed by atoms with Gasteiger partial charge in [-0.25, -0.2) is 18.2 Å². The molecule has 0 aliphatic carbocycles. The van der Waals surface area contributed by atoms with Crippen LogP contribution in [0.2, 0.25) is 0 Å². The van der Waals surface area contributed by atoms with Crippen LogP contribution < -0.4 is 14.4 Å². The summed E-state index contributed by atoms with van der Waals surface area (Å²) in [4.78, 5) is 8.64. The zero-order valence-electron chi connectivity index (χ0n) is 31.9. The average molecular weight is 1140 g/mol. The van der Waals surface area contributed by atoms with Crippen LogP contribution >= 0.6 is 0 Å². The summed E-state index contributed by atoms with van der Waals surface area (Å²) in [6.07, 6.45) is 15.7. The maximum Gasteiger partial charge on any atom is 4.00 e. The number of ether oxygens (including phenoxy) is 2. The third-order valence-corrected chi connectivity index (χ3v) is 9.36. The summed E-state index contributed by atoms with van der Waals surface area (Å²) in [5, 5.41) is 2.36. The van der Waals surface area contributed by atoms with Gasteiger partial charge in [0.2, 0.25) is 0 Å². The third-order valence-electron chi connectivity index (χ3n) is 9.36. The van der Waals surface area contributed by atoms with Crippen LogP contribution in [0.15, 0.2) is 171 Å². The van der Waals surface area contributed by atoms with Crippen LogP contribution in [0.5, 0.6) is 23.0 Å². The molecule has 0 amide bonds. The van der Waals surface area contributed by atoms with Gasteiger partial charge in [-0.05, 0) is 49.4 Å². The Kier molecular flexibility index (Phi) is 13.2. The van der Waals surface area contributed by atoms with E-state index in [-0.39, 0.29) is 42.1 Å². The molecule has 0 N–H and O–H groups in total. The van der Waals surface area contributed by atoms with Crippen LogP contribution in [0.3, 0.4) is 0 Å². The summed E-state index contributed by atoms with van der Waals surface area (Å²) >= 11 is 0. The van der Waals surface area contributed by atoms with E-state index >= 15 is 0 Å². The molecule has 0 radical (unpaired) electrons. The first-order valence-corrected chi connectivity index (χ1v) is 18.5. The minimum Gasteiger partial charge on any atom is -0.669 e. The van der Waals surface area contributed by atoms with Gasteiger partial charge in [-0.15, -0.1) is 59.8 Å². The van der Waals surface area contributed by atoms with Gasteiger partial charge in [0.1, 0.15) is 0 Å². The zero-order chi connectivity index (χ0) is 39.3. The number of nitrogens with zero attached hydrogens (tertiary/aromatic N) is 5. The number of benzene rings is 6. The smallest absolute Gasteiger partial charge is 0.669 e. The molecule has 7 nitrogen and oxygen atoms in total. The number of fused-ring (bicyclic) bond motifs is 3. The molecule has 4 heterocycles. The first-order chi connectivity index (χ1) is 28.6. The average Bonchev–Trinajstić information content (AvgIpc) is 4.04. The Bertz CT molecular complexity index is 2880. The van der Waals surface area contributed by atoms with E-state index in [0.717, 1.165) is 44.8 Å². The number of hydrogen-bond acceptors (Lipinski definition) is 5. The molecular formula is C51H32N5O2Pt2-3.